The molecule has 0 bridgehead atoms. The number of benzene rings is 1. The zero-order valence-corrected chi connectivity index (χ0v) is 12.9. The van der Waals surface area contributed by atoms with Gasteiger partial charge in [0.1, 0.15) is 6.54 Å². The van der Waals surface area contributed by atoms with Gasteiger partial charge in [0.05, 0.1) is 0 Å². The molecule has 0 spiro atoms. The monoisotopic (exact) mass is 308 g/mol. The maximum atomic E-state index is 12.1. The lowest BCUT2D eigenvalue weighted by Gasteiger charge is -2.08. The van der Waals surface area contributed by atoms with Gasteiger partial charge in [-0.25, -0.2) is 0 Å². The van der Waals surface area contributed by atoms with Crippen LogP contribution in [0.15, 0.2) is 42.7 Å². The van der Waals surface area contributed by atoms with Crippen LogP contribution in [-0.4, -0.2) is 31.1 Å². The van der Waals surface area contributed by atoms with Crippen molar-refractivity contribution in [3.05, 3.63) is 53.9 Å². The minimum absolute atomic E-state index is 0.00536. The Hall–Kier alpha value is -3.09. The van der Waals surface area contributed by atoms with Gasteiger partial charge in [-0.05, 0) is 42.8 Å². The Morgan fingerprint density at radius 1 is 1.17 bits per heavy atom. The molecule has 0 saturated heterocycles. The number of aromatic nitrogens is 5. The van der Waals surface area contributed by atoms with Gasteiger partial charge in [-0.15, -0.1) is 10.2 Å². The highest BCUT2D eigenvalue weighted by atomic mass is 16.2. The van der Waals surface area contributed by atoms with Crippen LogP contribution in [0.2, 0.25) is 0 Å². The first kappa shape index (κ1) is 14.8. The molecular weight excluding hydrogens is 292 g/mol. The second-order valence-electron chi connectivity index (χ2n) is 5.25. The normalized spacial score (nSPS) is 10.5. The van der Waals surface area contributed by atoms with Crippen LogP contribution in [0.4, 0.5) is 5.69 Å². The predicted octanol–water partition coefficient (Wildman–Crippen LogP) is 1.99. The number of rotatable bonds is 4. The molecule has 1 N–H and O–H groups in total. The Labute approximate surface area is 133 Å². The van der Waals surface area contributed by atoms with Crippen molar-refractivity contribution in [2.45, 2.75) is 20.4 Å². The Morgan fingerprint density at radius 3 is 2.70 bits per heavy atom. The molecular formula is C16H16N6O. The van der Waals surface area contributed by atoms with E-state index in [0.29, 0.717) is 5.82 Å². The van der Waals surface area contributed by atoms with E-state index in [9.17, 15) is 4.79 Å². The number of hydrogen-bond acceptors (Lipinski definition) is 5. The Kier molecular flexibility index (Phi) is 4.09. The van der Waals surface area contributed by atoms with Crippen LogP contribution < -0.4 is 5.32 Å². The number of amides is 1. The van der Waals surface area contributed by atoms with Crippen LogP contribution >= 0.6 is 0 Å². The summed E-state index contributed by atoms with van der Waals surface area (Å²) in [5, 5.41) is 14.9. The van der Waals surface area contributed by atoms with Gasteiger partial charge in [0.25, 0.3) is 0 Å². The maximum Gasteiger partial charge on any atom is 0.248 e. The van der Waals surface area contributed by atoms with Gasteiger partial charge in [-0.2, -0.15) is 4.80 Å². The van der Waals surface area contributed by atoms with E-state index in [4.69, 9.17) is 0 Å². The lowest BCUT2D eigenvalue weighted by atomic mass is 10.1. The molecule has 0 saturated carbocycles. The molecule has 0 fully saturated rings. The number of hydrogen-bond donors (Lipinski definition) is 1. The molecule has 0 aliphatic carbocycles. The smallest absolute Gasteiger partial charge is 0.248 e. The predicted molar refractivity (Wildman–Crippen MR) is 85.6 cm³/mol. The van der Waals surface area contributed by atoms with E-state index in [1.165, 1.54) is 4.80 Å². The van der Waals surface area contributed by atoms with Gasteiger partial charge in [0.2, 0.25) is 11.7 Å². The van der Waals surface area contributed by atoms with Crippen LogP contribution in [0.25, 0.3) is 11.4 Å². The van der Waals surface area contributed by atoms with Crippen LogP contribution in [0.1, 0.15) is 11.1 Å². The first-order chi connectivity index (χ1) is 11.1. The molecule has 1 amide bonds. The standard InChI is InChI=1S/C16H16N6O/c1-11-3-4-14(12(2)9-11)18-15(23)10-22-20-16(19-21-22)13-5-7-17-8-6-13/h3-9H,10H2,1-2H3,(H,18,23). The number of pyridine rings is 1. The number of carbonyl (C=O) groups is 1. The van der Waals surface area contributed by atoms with Crippen molar-refractivity contribution in [3.8, 4) is 11.4 Å². The number of nitrogens with one attached hydrogen (secondary N) is 1. The Balaban J connectivity index is 1.68. The van der Waals surface area contributed by atoms with E-state index in [1.807, 2.05) is 32.0 Å². The highest BCUT2D eigenvalue weighted by Gasteiger charge is 2.10. The van der Waals surface area contributed by atoms with Crippen LogP contribution in [0, 0.1) is 13.8 Å². The molecule has 0 aliphatic heterocycles. The summed E-state index contributed by atoms with van der Waals surface area (Å²) in [4.78, 5) is 17.3. The van der Waals surface area contributed by atoms with E-state index in [2.05, 4.69) is 25.7 Å². The van der Waals surface area contributed by atoms with E-state index in [-0.39, 0.29) is 12.5 Å². The molecule has 116 valence electrons. The number of tetrazole rings is 1. The van der Waals surface area contributed by atoms with Crippen LogP contribution in [-0.2, 0) is 11.3 Å². The van der Waals surface area contributed by atoms with Gasteiger partial charge in [0.15, 0.2) is 0 Å². The molecule has 0 aliphatic rings. The van der Waals surface area contributed by atoms with E-state index >= 15 is 0 Å². The average molecular weight is 308 g/mol. The Bertz CT molecular complexity index is 828. The summed E-state index contributed by atoms with van der Waals surface area (Å²) >= 11 is 0. The minimum atomic E-state index is -0.198. The third kappa shape index (κ3) is 3.57. The van der Waals surface area contributed by atoms with Gasteiger partial charge in [-0.3, -0.25) is 9.78 Å². The first-order valence-electron chi connectivity index (χ1n) is 7.17. The van der Waals surface area contributed by atoms with E-state index in [0.717, 1.165) is 22.4 Å². The third-order valence-corrected chi connectivity index (χ3v) is 3.33. The van der Waals surface area contributed by atoms with Crippen molar-refractivity contribution < 1.29 is 4.79 Å². The summed E-state index contributed by atoms with van der Waals surface area (Å²) in [6.07, 6.45) is 3.31. The summed E-state index contributed by atoms with van der Waals surface area (Å²) in [5.74, 6) is 0.266. The third-order valence-electron chi connectivity index (χ3n) is 3.33. The van der Waals surface area contributed by atoms with Crippen molar-refractivity contribution in [1.82, 2.24) is 25.2 Å². The Morgan fingerprint density at radius 2 is 1.96 bits per heavy atom. The molecule has 1 aromatic carbocycles. The maximum absolute atomic E-state index is 12.1. The van der Waals surface area contributed by atoms with Crippen molar-refractivity contribution in [3.63, 3.8) is 0 Å². The topological polar surface area (TPSA) is 85.6 Å². The molecule has 23 heavy (non-hydrogen) atoms. The molecule has 0 unspecified atom stereocenters. The van der Waals surface area contributed by atoms with Crippen LogP contribution in [0.3, 0.4) is 0 Å². The quantitative estimate of drug-likeness (QED) is 0.796. The fraction of sp³-hybridized carbons (Fsp3) is 0.188. The SMILES string of the molecule is Cc1ccc(NC(=O)Cn2nnc(-c3ccncc3)n2)c(C)c1. The van der Waals surface area contributed by atoms with E-state index in [1.54, 1.807) is 24.5 Å². The molecule has 3 rings (SSSR count). The van der Waals surface area contributed by atoms with Crippen molar-refractivity contribution >= 4 is 11.6 Å². The first-order valence-corrected chi connectivity index (χ1v) is 7.17. The number of aryl methyl sites for hydroxylation is 2. The average Bonchev–Trinajstić information content (AvgIpc) is 2.99. The zero-order chi connectivity index (χ0) is 16.2. The summed E-state index contributed by atoms with van der Waals surface area (Å²) < 4.78 is 0. The lowest BCUT2D eigenvalue weighted by Crippen LogP contribution is -2.21. The zero-order valence-electron chi connectivity index (χ0n) is 12.9. The fourth-order valence-corrected chi connectivity index (χ4v) is 2.20. The van der Waals surface area contributed by atoms with Crippen molar-refractivity contribution in [2.75, 3.05) is 5.32 Å². The summed E-state index contributed by atoms with van der Waals surface area (Å²) in [7, 11) is 0. The summed E-state index contributed by atoms with van der Waals surface area (Å²) in [6.45, 7) is 3.97. The van der Waals surface area contributed by atoms with Gasteiger partial charge in [0, 0.05) is 23.6 Å². The molecule has 0 atom stereocenters. The largest absolute Gasteiger partial charge is 0.324 e. The van der Waals surface area contributed by atoms with Crippen molar-refractivity contribution in [1.29, 1.82) is 0 Å². The van der Waals surface area contributed by atoms with Gasteiger partial charge >= 0.3 is 0 Å². The number of nitrogens with zero attached hydrogens (tertiary/aromatic N) is 5. The molecule has 3 aromatic rings. The number of carbonyl (C=O) groups excluding carboxylic acids is 1. The van der Waals surface area contributed by atoms with Crippen LogP contribution in [0.5, 0.6) is 0 Å². The van der Waals surface area contributed by atoms with E-state index < -0.39 is 0 Å². The highest BCUT2D eigenvalue weighted by molar-refractivity contribution is 5.91. The highest BCUT2D eigenvalue weighted by Crippen LogP contribution is 2.16. The van der Waals surface area contributed by atoms with Crippen molar-refractivity contribution in [2.24, 2.45) is 0 Å². The summed E-state index contributed by atoms with van der Waals surface area (Å²) in [5.41, 5.74) is 3.76. The number of anilines is 1. The van der Waals surface area contributed by atoms with Gasteiger partial charge in [-0.1, -0.05) is 17.7 Å². The second-order valence-corrected chi connectivity index (χ2v) is 5.25. The summed E-state index contributed by atoms with van der Waals surface area (Å²) in [6, 6.07) is 9.44. The minimum Gasteiger partial charge on any atom is -0.324 e. The molecule has 2 heterocycles. The molecule has 7 nitrogen and oxygen atoms in total. The molecule has 2 aromatic heterocycles. The molecule has 7 heteroatoms. The second kappa shape index (κ2) is 6.35. The lowest BCUT2D eigenvalue weighted by molar-refractivity contribution is -0.117. The van der Waals surface area contributed by atoms with Gasteiger partial charge < -0.3 is 5.32 Å². The fourth-order valence-electron chi connectivity index (χ4n) is 2.20. The molecule has 0 radical (unpaired) electrons.